The lowest BCUT2D eigenvalue weighted by Gasteiger charge is -2.04. The van der Waals surface area contributed by atoms with Gasteiger partial charge < -0.3 is 10.0 Å². The summed E-state index contributed by atoms with van der Waals surface area (Å²) in [6, 6.07) is 9.77. The van der Waals surface area contributed by atoms with E-state index in [1.54, 1.807) is 42.7 Å². The first-order valence-electron chi connectivity index (χ1n) is 4.82. The Balaban J connectivity index is 2.34. The van der Waals surface area contributed by atoms with Crippen molar-refractivity contribution in [3.63, 3.8) is 0 Å². The third-order valence-corrected chi connectivity index (χ3v) is 2.27. The van der Waals surface area contributed by atoms with Crippen LogP contribution in [0.1, 0.15) is 10.4 Å². The molecule has 0 fully saturated rings. The highest BCUT2D eigenvalue weighted by Gasteiger charge is 2.14. The molecule has 0 saturated carbocycles. The molecule has 0 unspecified atom stereocenters. The zero-order chi connectivity index (χ0) is 11.5. The van der Waals surface area contributed by atoms with E-state index in [9.17, 15) is 4.79 Å². The first kappa shape index (κ1) is 10.7. The summed E-state index contributed by atoms with van der Waals surface area (Å²) >= 11 is 0. The maximum Gasteiger partial charge on any atom is 0.488 e. The van der Waals surface area contributed by atoms with Gasteiger partial charge in [-0.3, -0.25) is 9.36 Å². The maximum absolute atomic E-state index is 11.9. The van der Waals surface area contributed by atoms with Crippen molar-refractivity contribution >= 4 is 18.5 Å². The molecule has 2 aromatic rings. The second-order valence-corrected chi connectivity index (χ2v) is 3.39. The Bertz CT molecular complexity index is 494. The van der Waals surface area contributed by atoms with E-state index in [2.05, 4.69) is 0 Å². The summed E-state index contributed by atoms with van der Waals surface area (Å²) in [5, 5.41) is 18.0. The van der Waals surface area contributed by atoms with Crippen molar-refractivity contribution in [2.75, 3.05) is 0 Å². The van der Waals surface area contributed by atoms with Gasteiger partial charge in [0.1, 0.15) is 0 Å². The summed E-state index contributed by atoms with van der Waals surface area (Å²) in [6.45, 7) is 0. The number of benzene rings is 1. The second-order valence-electron chi connectivity index (χ2n) is 3.39. The highest BCUT2D eigenvalue weighted by molar-refractivity contribution is 6.58. The molecule has 2 N–H and O–H groups in total. The van der Waals surface area contributed by atoms with Crippen LogP contribution in [0.3, 0.4) is 0 Å². The number of aromatic nitrogens is 1. The van der Waals surface area contributed by atoms with Gasteiger partial charge in [-0.2, -0.15) is 0 Å². The molecule has 0 aliphatic rings. The van der Waals surface area contributed by atoms with Gasteiger partial charge >= 0.3 is 7.12 Å². The minimum absolute atomic E-state index is 0.201. The quantitative estimate of drug-likeness (QED) is 0.685. The minimum atomic E-state index is -1.56. The van der Waals surface area contributed by atoms with Crippen LogP contribution in [0.4, 0.5) is 0 Å². The van der Waals surface area contributed by atoms with Crippen LogP contribution >= 0.6 is 0 Å². The number of nitrogens with zero attached hydrogens (tertiary/aromatic N) is 1. The lowest BCUT2D eigenvalue weighted by atomic mass is 9.79. The molecule has 1 heterocycles. The molecule has 1 aromatic carbocycles. The smallest absolute Gasteiger partial charge is 0.423 e. The molecule has 0 atom stereocenters. The largest absolute Gasteiger partial charge is 0.488 e. The van der Waals surface area contributed by atoms with Crippen LogP contribution in [0.2, 0.25) is 0 Å². The standard InChI is InChI=1S/C11H10BNO3/c14-11(13-6-1-2-7-13)9-4-3-5-10(8-9)12(15)16/h1-8,15-16H. The molecule has 80 valence electrons. The van der Waals surface area contributed by atoms with Gasteiger partial charge in [0.05, 0.1) is 0 Å². The van der Waals surface area contributed by atoms with Crippen molar-refractivity contribution in [1.82, 2.24) is 4.57 Å². The van der Waals surface area contributed by atoms with E-state index in [0.29, 0.717) is 11.0 Å². The van der Waals surface area contributed by atoms with Crippen molar-refractivity contribution in [2.45, 2.75) is 0 Å². The first-order valence-corrected chi connectivity index (χ1v) is 4.82. The van der Waals surface area contributed by atoms with E-state index < -0.39 is 7.12 Å². The fourth-order valence-electron chi connectivity index (χ4n) is 1.45. The molecule has 0 aliphatic carbocycles. The van der Waals surface area contributed by atoms with Gasteiger partial charge in [0.2, 0.25) is 0 Å². The average molecular weight is 215 g/mol. The molecule has 0 radical (unpaired) electrons. The molecular formula is C11H10BNO3. The van der Waals surface area contributed by atoms with Crippen molar-refractivity contribution < 1.29 is 14.8 Å². The van der Waals surface area contributed by atoms with E-state index in [1.165, 1.54) is 10.6 Å². The van der Waals surface area contributed by atoms with Crippen molar-refractivity contribution in [2.24, 2.45) is 0 Å². The predicted octanol–water partition coefficient (Wildman–Crippen LogP) is -0.144. The molecule has 0 amide bonds. The predicted molar refractivity (Wildman–Crippen MR) is 60.4 cm³/mol. The number of carbonyl (C=O) groups excluding carboxylic acids is 1. The number of rotatable bonds is 2. The zero-order valence-electron chi connectivity index (χ0n) is 8.45. The summed E-state index contributed by atoms with van der Waals surface area (Å²) in [5.74, 6) is -0.201. The highest BCUT2D eigenvalue weighted by atomic mass is 16.4. The topological polar surface area (TPSA) is 62.5 Å². The summed E-state index contributed by atoms with van der Waals surface area (Å²) < 4.78 is 1.43. The van der Waals surface area contributed by atoms with Crippen molar-refractivity contribution in [1.29, 1.82) is 0 Å². The number of carbonyl (C=O) groups is 1. The Morgan fingerprint density at radius 1 is 1.12 bits per heavy atom. The van der Waals surface area contributed by atoms with Crippen LogP contribution in [-0.4, -0.2) is 27.6 Å². The summed E-state index contributed by atoms with van der Waals surface area (Å²) in [6.07, 6.45) is 3.29. The van der Waals surface area contributed by atoms with Crippen LogP contribution in [0.25, 0.3) is 0 Å². The van der Waals surface area contributed by atoms with Crippen LogP contribution in [0.15, 0.2) is 48.8 Å². The molecule has 5 heteroatoms. The number of hydrogen-bond acceptors (Lipinski definition) is 3. The van der Waals surface area contributed by atoms with Gasteiger partial charge in [-0.1, -0.05) is 12.1 Å². The van der Waals surface area contributed by atoms with Gasteiger partial charge in [0.15, 0.2) is 0 Å². The van der Waals surface area contributed by atoms with E-state index >= 15 is 0 Å². The molecule has 2 rings (SSSR count). The Morgan fingerprint density at radius 2 is 1.81 bits per heavy atom. The zero-order valence-corrected chi connectivity index (χ0v) is 8.45. The molecule has 0 saturated heterocycles. The van der Waals surface area contributed by atoms with Crippen LogP contribution in [-0.2, 0) is 0 Å². The summed E-state index contributed by atoms with van der Waals surface area (Å²) in [7, 11) is -1.56. The maximum atomic E-state index is 11.9. The Hall–Kier alpha value is -1.85. The van der Waals surface area contributed by atoms with Gasteiger partial charge in [-0.25, -0.2) is 0 Å². The Labute approximate surface area is 92.9 Å². The molecule has 4 nitrogen and oxygen atoms in total. The third-order valence-electron chi connectivity index (χ3n) is 2.27. The summed E-state index contributed by atoms with van der Waals surface area (Å²) in [5.41, 5.74) is 0.722. The van der Waals surface area contributed by atoms with Crippen LogP contribution in [0, 0.1) is 0 Å². The number of hydrogen-bond donors (Lipinski definition) is 2. The van der Waals surface area contributed by atoms with Gasteiger partial charge in [-0.05, 0) is 29.7 Å². The summed E-state index contributed by atoms with van der Waals surface area (Å²) in [4.78, 5) is 11.9. The van der Waals surface area contributed by atoms with E-state index in [4.69, 9.17) is 10.0 Å². The van der Waals surface area contributed by atoms with E-state index in [0.717, 1.165) is 0 Å². The van der Waals surface area contributed by atoms with Crippen LogP contribution in [0.5, 0.6) is 0 Å². The molecule has 16 heavy (non-hydrogen) atoms. The fraction of sp³-hybridized carbons (Fsp3) is 0. The van der Waals surface area contributed by atoms with Crippen LogP contribution < -0.4 is 5.46 Å². The monoisotopic (exact) mass is 215 g/mol. The molecule has 0 aliphatic heterocycles. The minimum Gasteiger partial charge on any atom is -0.423 e. The van der Waals surface area contributed by atoms with Crippen molar-refractivity contribution in [3.8, 4) is 0 Å². The Morgan fingerprint density at radius 3 is 2.44 bits per heavy atom. The van der Waals surface area contributed by atoms with E-state index in [1.807, 2.05) is 0 Å². The molecular weight excluding hydrogens is 205 g/mol. The molecule has 0 spiro atoms. The lowest BCUT2D eigenvalue weighted by Crippen LogP contribution is -2.30. The first-order chi connectivity index (χ1) is 7.68. The van der Waals surface area contributed by atoms with Gasteiger partial charge in [-0.15, -0.1) is 0 Å². The normalized spacial score (nSPS) is 10.1. The average Bonchev–Trinajstić information content (AvgIpc) is 2.81. The fourth-order valence-corrected chi connectivity index (χ4v) is 1.45. The molecule has 0 bridgehead atoms. The SMILES string of the molecule is O=C(c1cccc(B(O)O)c1)n1cccc1. The van der Waals surface area contributed by atoms with Crippen molar-refractivity contribution in [3.05, 3.63) is 54.4 Å². The highest BCUT2D eigenvalue weighted by Crippen LogP contribution is 2.02. The van der Waals surface area contributed by atoms with Gasteiger partial charge in [0.25, 0.3) is 5.91 Å². The second kappa shape index (κ2) is 4.34. The molecule has 1 aromatic heterocycles. The van der Waals surface area contributed by atoms with E-state index in [-0.39, 0.29) is 5.91 Å². The van der Waals surface area contributed by atoms with Gasteiger partial charge in [0, 0.05) is 18.0 Å². The lowest BCUT2D eigenvalue weighted by molar-refractivity contribution is 0.0960. The third kappa shape index (κ3) is 2.05. The Kier molecular flexibility index (Phi) is 2.89.